The lowest BCUT2D eigenvalue weighted by molar-refractivity contribution is 0.0872. The standard InChI is InChI=1S/C20H30N4O2.ClH/c1-14(2)12-26-17-11-24(16-9-7-6-8-10-16)23-18(17)19(25)22-20(5,13-21)15(3)4;/h6-11,14-15H,12-13,21H2,1-5H3,(H,22,25);1H. The van der Waals surface area contributed by atoms with Gasteiger partial charge in [0.25, 0.3) is 5.91 Å². The number of amides is 1. The van der Waals surface area contributed by atoms with Crippen LogP contribution < -0.4 is 15.8 Å². The number of halogens is 1. The quantitative estimate of drug-likeness (QED) is 0.718. The average molecular weight is 395 g/mol. The van der Waals surface area contributed by atoms with Crippen LogP contribution >= 0.6 is 12.4 Å². The number of para-hydroxylation sites is 1. The second kappa shape index (κ2) is 9.76. The van der Waals surface area contributed by atoms with Gasteiger partial charge in [0, 0.05) is 6.54 Å². The third-order valence-corrected chi connectivity index (χ3v) is 4.59. The van der Waals surface area contributed by atoms with Crippen molar-refractivity contribution in [3.05, 3.63) is 42.2 Å². The van der Waals surface area contributed by atoms with Gasteiger partial charge in [0.15, 0.2) is 11.4 Å². The minimum Gasteiger partial charge on any atom is -0.489 e. The summed E-state index contributed by atoms with van der Waals surface area (Å²) in [5.74, 6) is 0.729. The Morgan fingerprint density at radius 3 is 2.41 bits per heavy atom. The molecule has 0 aliphatic rings. The third kappa shape index (κ3) is 5.71. The van der Waals surface area contributed by atoms with E-state index in [0.29, 0.717) is 24.8 Å². The van der Waals surface area contributed by atoms with E-state index in [0.717, 1.165) is 5.69 Å². The van der Waals surface area contributed by atoms with Crippen molar-refractivity contribution in [3.63, 3.8) is 0 Å². The van der Waals surface area contributed by atoms with E-state index >= 15 is 0 Å². The Labute approximate surface area is 167 Å². The summed E-state index contributed by atoms with van der Waals surface area (Å²) < 4.78 is 7.52. The number of ether oxygens (including phenoxy) is 1. The molecule has 0 radical (unpaired) electrons. The molecule has 1 unspecified atom stereocenters. The number of nitrogens with one attached hydrogen (secondary N) is 1. The Kier molecular flexibility index (Phi) is 8.31. The number of carbonyl (C=O) groups excluding carboxylic acids is 1. The molecule has 27 heavy (non-hydrogen) atoms. The second-order valence-electron chi connectivity index (χ2n) is 7.56. The van der Waals surface area contributed by atoms with E-state index in [1.54, 1.807) is 10.9 Å². The van der Waals surface area contributed by atoms with E-state index in [2.05, 4.69) is 24.3 Å². The van der Waals surface area contributed by atoms with Crippen LogP contribution in [-0.4, -0.2) is 34.4 Å². The molecule has 2 aromatic rings. The lowest BCUT2D eigenvalue weighted by Crippen LogP contribution is -2.55. The van der Waals surface area contributed by atoms with Crippen LogP contribution in [0.5, 0.6) is 5.75 Å². The van der Waals surface area contributed by atoms with E-state index < -0.39 is 5.54 Å². The number of hydrogen-bond acceptors (Lipinski definition) is 4. The van der Waals surface area contributed by atoms with Crippen molar-refractivity contribution in [1.29, 1.82) is 0 Å². The molecular formula is C20H31ClN4O2. The molecule has 0 fully saturated rings. The maximum Gasteiger partial charge on any atom is 0.276 e. The molecule has 6 nitrogen and oxygen atoms in total. The predicted octanol–water partition coefficient (Wildman–Crippen LogP) is 3.43. The SMILES string of the molecule is CC(C)COc1cn(-c2ccccc2)nc1C(=O)NC(C)(CN)C(C)C.Cl. The van der Waals surface area contributed by atoms with Gasteiger partial charge in [-0.3, -0.25) is 4.79 Å². The van der Waals surface area contributed by atoms with Crippen molar-refractivity contribution in [3.8, 4) is 11.4 Å². The number of nitrogens with zero attached hydrogens (tertiary/aromatic N) is 2. The van der Waals surface area contributed by atoms with Crippen LogP contribution in [0.1, 0.15) is 45.1 Å². The molecule has 0 saturated heterocycles. The maximum absolute atomic E-state index is 12.9. The summed E-state index contributed by atoms with van der Waals surface area (Å²) in [4.78, 5) is 12.9. The molecule has 1 amide bonds. The van der Waals surface area contributed by atoms with Crippen LogP contribution in [0, 0.1) is 11.8 Å². The highest BCUT2D eigenvalue weighted by molar-refractivity contribution is 5.95. The zero-order valence-corrected chi connectivity index (χ0v) is 17.5. The molecule has 3 N–H and O–H groups in total. The van der Waals surface area contributed by atoms with E-state index in [-0.39, 0.29) is 29.9 Å². The number of aromatic nitrogens is 2. The molecule has 1 aromatic heterocycles. The molecule has 0 spiro atoms. The van der Waals surface area contributed by atoms with Crippen molar-refractivity contribution >= 4 is 18.3 Å². The molecule has 150 valence electrons. The summed E-state index contributed by atoms with van der Waals surface area (Å²) in [6, 6.07) is 9.65. The van der Waals surface area contributed by atoms with Gasteiger partial charge in [0.1, 0.15) is 0 Å². The normalized spacial score (nSPS) is 13.2. The molecule has 0 bridgehead atoms. The van der Waals surface area contributed by atoms with Gasteiger partial charge in [0.2, 0.25) is 0 Å². The third-order valence-electron chi connectivity index (χ3n) is 4.59. The molecular weight excluding hydrogens is 364 g/mol. The number of nitrogens with two attached hydrogens (primary N) is 1. The summed E-state index contributed by atoms with van der Waals surface area (Å²) in [6.45, 7) is 11.0. The first kappa shape index (κ1) is 23.0. The summed E-state index contributed by atoms with van der Waals surface area (Å²) in [7, 11) is 0. The number of carbonyl (C=O) groups is 1. The van der Waals surface area contributed by atoms with Crippen LogP contribution in [0.25, 0.3) is 5.69 Å². The maximum atomic E-state index is 12.9. The summed E-state index contributed by atoms with van der Waals surface area (Å²) in [6.07, 6.45) is 1.75. The van der Waals surface area contributed by atoms with Crippen LogP contribution in [0.3, 0.4) is 0 Å². The van der Waals surface area contributed by atoms with Gasteiger partial charge < -0.3 is 15.8 Å². The Morgan fingerprint density at radius 2 is 1.89 bits per heavy atom. The minimum atomic E-state index is -0.511. The smallest absolute Gasteiger partial charge is 0.276 e. The predicted molar refractivity (Wildman–Crippen MR) is 111 cm³/mol. The highest BCUT2D eigenvalue weighted by Gasteiger charge is 2.31. The highest BCUT2D eigenvalue weighted by atomic mass is 35.5. The molecule has 0 aliphatic heterocycles. The number of rotatable bonds is 8. The van der Waals surface area contributed by atoms with Crippen molar-refractivity contribution in [2.24, 2.45) is 17.6 Å². The Bertz CT molecular complexity index is 731. The molecule has 1 aromatic carbocycles. The Balaban J connectivity index is 0.00000364. The van der Waals surface area contributed by atoms with E-state index in [1.807, 2.05) is 51.1 Å². The Morgan fingerprint density at radius 1 is 1.26 bits per heavy atom. The molecule has 0 aliphatic carbocycles. The van der Waals surface area contributed by atoms with E-state index in [4.69, 9.17) is 10.5 Å². The van der Waals surface area contributed by atoms with Gasteiger partial charge in [-0.1, -0.05) is 45.9 Å². The van der Waals surface area contributed by atoms with E-state index in [1.165, 1.54) is 0 Å². The lowest BCUT2D eigenvalue weighted by Gasteiger charge is -2.33. The van der Waals surface area contributed by atoms with Crippen LogP contribution in [0.4, 0.5) is 0 Å². The van der Waals surface area contributed by atoms with Gasteiger partial charge >= 0.3 is 0 Å². The largest absolute Gasteiger partial charge is 0.489 e. The van der Waals surface area contributed by atoms with Crippen molar-refractivity contribution < 1.29 is 9.53 Å². The van der Waals surface area contributed by atoms with Gasteiger partial charge in [0.05, 0.1) is 24.0 Å². The highest BCUT2D eigenvalue weighted by Crippen LogP contribution is 2.23. The first-order valence-electron chi connectivity index (χ1n) is 9.07. The average Bonchev–Trinajstić information content (AvgIpc) is 3.05. The first-order valence-corrected chi connectivity index (χ1v) is 9.07. The summed E-state index contributed by atoms with van der Waals surface area (Å²) >= 11 is 0. The topological polar surface area (TPSA) is 82.2 Å². The van der Waals surface area contributed by atoms with Gasteiger partial charge in [-0.05, 0) is 30.9 Å². The zero-order valence-electron chi connectivity index (χ0n) is 16.7. The lowest BCUT2D eigenvalue weighted by atomic mass is 9.88. The van der Waals surface area contributed by atoms with Crippen LogP contribution in [-0.2, 0) is 0 Å². The Hall–Kier alpha value is -2.05. The van der Waals surface area contributed by atoms with Gasteiger partial charge in [-0.25, -0.2) is 4.68 Å². The molecule has 1 heterocycles. The number of hydrogen-bond donors (Lipinski definition) is 2. The molecule has 0 saturated carbocycles. The first-order chi connectivity index (χ1) is 12.3. The molecule has 1 atom stereocenters. The summed E-state index contributed by atoms with van der Waals surface area (Å²) in [5, 5.41) is 7.51. The molecule has 2 rings (SSSR count). The van der Waals surface area contributed by atoms with Crippen molar-refractivity contribution in [2.75, 3.05) is 13.2 Å². The minimum absolute atomic E-state index is 0. The monoisotopic (exact) mass is 394 g/mol. The fourth-order valence-electron chi connectivity index (χ4n) is 2.34. The number of benzene rings is 1. The fourth-order valence-corrected chi connectivity index (χ4v) is 2.34. The second-order valence-corrected chi connectivity index (χ2v) is 7.56. The van der Waals surface area contributed by atoms with Crippen molar-refractivity contribution in [2.45, 2.75) is 40.2 Å². The van der Waals surface area contributed by atoms with Crippen LogP contribution in [0.15, 0.2) is 36.5 Å². The summed E-state index contributed by atoms with van der Waals surface area (Å²) in [5.41, 5.74) is 6.52. The van der Waals surface area contributed by atoms with E-state index in [9.17, 15) is 4.79 Å². The van der Waals surface area contributed by atoms with Crippen molar-refractivity contribution in [1.82, 2.24) is 15.1 Å². The van der Waals surface area contributed by atoms with Crippen LogP contribution in [0.2, 0.25) is 0 Å². The van der Waals surface area contributed by atoms with Gasteiger partial charge in [-0.15, -0.1) is 12.4 Å². The fraction of sp³-hybridized carbons (Fsp3) is 0.500. The van der Waals surface area contributed by atoms with Gasteiger partial charge in [-0.2, -0.15) is 5.10 Å². The zero-order chi connectivity index (χ0) is 19.3. The molecule has 7 heteroatoms.